The van der Waals surface area contributed by atoms with E-state index in [1.54, 1.807) is 24.3 Å². The van der Waals surface area contributed by atoms with Crippen molar-refractivity contribution >= 4 is 23.4 Å². The van der Waals surface area contributed by atoms with E-state index < -0.39 is 0 Å². The average Bonchev–Trinajstić information content (AvgIpc) is 3.24. The number of halogens is 1. The first-order valence-corrected chi connectivity index (χ1v) is 10.8. The third-order valence-corrected chi connectivity index (χ3v) is 6.36. The van der Waals surface area contributed by atoms with E-state index in [4.69, 9.17) is 11.6 Å². The van der Waals surface area contributed by atoms with Crippen molar-refractivity contribution in [3.05, 3.63) is 70.2 Å². The quantitative estimate of drug-likeness (QED) is 0.702. The fourth-order valence-corrected chi connectivity index (χ4v) is 4.49. The topological polar surface area (TPSA) is 73.5 Å². The lowest BCUT2D eigenvalue weighted by Gasteiger charge is -2.33. The van der Waals surface area contributed by atoms with Gasteiger partial charge in [0.15, 0.2) is 0 Å². The molecule has 6 nitrogen and oxygen atoms in total. The van der Waals surface area contributed by atoms with Crippen molar-refractivity contribution in [2.24, 2.45) is 0 Å². The maximum absolute atomic E-state index is 13.0. The van der Waals surface area contributed by atoms with Gasteiger partial charge in [-0.15, -0.1) is 0 Å². The number of carbonyl (C=O) groups is 2. The Morgan fingerprint density at radius 1 is 1.03 bits per heavy atom. The highest BCUT2D eigenvalue weighted by Crippen LogP contribution is 2.26. The predicted octanol–water partition coefficient (Wildman–Crippen LogP) is 2.98. The number of aryl methyl sites for hydroxylation is 1. The van der Waals surface area contributed by atoms with E-state index in [0.29, 0.717) is 23.7 Å². The second kappa shape index (κ2) is 9.16. The number of benzene rings is 2. The van der Waals surface area contributed by atoms with Gasteiger partial charge in [0, 0.05) is 25.2 Å². The first kappa shape index (κ1) is 20.8. The zero-order valence-electron chi connectivity index (χ0n) is 17.0. The van der Waals surface area contributed by atoms with Crippen LogP contribution >= 0.6 is 11.6 Å². The van der Waals surface area contributed by atoms with Gasteiger partial charge in [0.1, 0.15) is 6.04 Å². The lowest BCUT2D eigenvalue weighted by Crippen LogP contribution is -2.51. The monoisotopic (exact) mass is 426 g/mol. The summed E-state index contributed by atoms with van der Waals surface area (Å²) in [4.78, 5) is 27.3. The lowest BCUT2D eigenvalue weighted by molar-refractivity contribution is -0.134. The molecule has 0 radical (unpaired) electrons. The minimum Gasteiger partial charge on any atom is -0.349 e. The second-order valence-electron chi connectivity index (χ2n) is 8.04. The molecule has 2 unspecified atom stereocenters. The van der Waals surface area contributed by atoms with E-state index in [1.165, 1.54) is 11.1 Å². The van der Waals surface area contributed by atoms with Gasteiger partial charge in [0.2, 0.25) is 5.91 Å². The Kier molecular flexibility index (Phi) is 6.37. The third-order valence-electron chi connectivity index (χ3n) is 6.03. The van der Waals surface area contributed by atoms with Gasteiger partial charge in [-0.3, -0.25) is 9.59 Å². The summed E-state index contributed by atoms with van der Waals surface area (Å²) in [5, 5.41) is 3.50. The van der Waals surface area contributed by atoms with Crippen molar-refractivity contribution in [2.45, 2.75) is 44.3 Å². The summed E-state index contributed by atoms with van der Waals surface area (Å²) in [5.41, 5.74) is 9.38. The molecule has 7 heteroatoms. The van der Waals surface area contributed by atoms with Gasteiger partial charge in [-0.2, -0.15) is 0 Å². The number of rotatable bonds is 4. The van der Waals surface area contributed by atoms with Crippen LogP contribution in [0.1, 0.15) is 46.8 Å². The summed E-state index contributed by atoms with van der Waals surface area (Å²) >= 11 is 6.11. The Morgan fingerprint density at radius 3 is 2.47 bits per heavy atom. The fourth-order valence-electron chi connectivity index (χ4n) is 4.27. The van der Waals surface area contributed by atoms with Crippen molar-refractivity contribution in [1.29, 1.82) is 0 Å². The van der Waals surface area contributed by atoms with Crippen LogP contribution in [0.2, 0.25) is 5.02 Å². The van der Waals surface area contributed by atoms with Gasteiger partial charge in [0.05, 0.1) is 10.6 Å². The van der Waals surface area contributed by atoms with Crippen molar-refractivity contribution in [3.8, 4) is 0 Å². The van der Waals surface area contributed by atoms with Crippen LogP contribution in [0.4, 0.5) is 0 Å². The Labute approximate surface area is 181 Å². The van der Waals surface area contributed by atoms with Gasteiger partial charge in [-0.25, -0.2) is 10.9 Å². The molecular formula is C23H27ClN4O2. The number of carbonyl (C=O) groups excluding carboxylic acids is 2. The third kappa shape index (κ3) is 4.51. The molecule has 2 aromatic rings. The van der Waals surface area contributed by atoms with Crippen LogP contribution in [0.5, 0.6) is 0 Å². The number of nitrogens with zero attached hydrogens (tertiary/aromatic N) is 1. The SMILES string of the molecule is Cc1ccccc1C1CC(C(=O)N2CCC(NC(=O)c3ccccc3Cl)CC2)NN1. The number of likely N-dealkylation sites (tertiary alicyclic amines) is 1. The van der Waals surface area contributed by atoms with Crippen LogP contribution < -0.4 is 16.2 Å². The minimum absolute atomic E-state index is 0.0483. The summed E-state index contributed by atoms with van der Waals surface area (Å²) < 4.78 is 0. The van der Waals surface area contributed by atoms with Gasteiger partial charge in [-0.1, -0.05) is 48.0 Å². The van der Waals surface area contributed by atoms with Crippen LogP contribution in [-0.2, 0) is 4.79 Å². The molecule has 2 saturated heterocycles. The molecule has 2 aliphatic heterocycles. The minimum atomic E-state index is -0.233. The molecule has 158 valence electrons. The highest BCUT2D eigenvalue weighted by Gasteiger charge is 2.35. The zero-order valence-corrected chi connectivity index (χ0v) is 17.8. The number of amides is 2. The van der Waals surface area contributed by atoms with Crippen molar-refractivity contribution in [3.63, 3.8) is 0 Å². The molecule has 0 bridgehead atoms. The number of hydrogen-bond acceptors (Lipinski definition) is 4. The van der Waals surface area contributed by atoms with E-state index in [9.17, 15) is 9.59 Å². The molecular weight excluding hydrogens is 400 g/mol. The predicted molar refractivity (Wildman–Crippen MR) is 117 cm³/mol. The van der Waals surface area contributed by atoms with Crippen molar-refractivity contribution in [2.75, 3.05) is 13.1 Å². The standard InChI is InChI=1S/C23H27ClN4O2/c1-15-6-2-3-7-17(15)20-14-21(27-26-20)23(30)28-12-10-16(11-13-28)25-22(29)18-8-4-5-9-19(18)24/h2-9,16,20-21,26-27H,10-14H2,1H3,(H,25,29). The highest BCUT2D eigenvalue weighted by molar-refractivity contribution is 6.33. The van der Waals surface area contributed by atoms with Crippen LogP contribution in [-0.4, -0.2) is 41.9 Å². The Hall–Kier alpha value is -2.41. The average molecular weight is 427 g/mol. The normalized spacial score (nSPS) is 22.1. The Bertz CT molecular complexity index is 927. The first-order chi connectivity index (χ1) is 14.5. The molecule has 4 rings (SSSR count). The lowest BCUT2D eigenvalue weighted by atomic mass is 9.97. The Morgan fingerprint density at radius 2 is 1.73 bits per heavy atom. The zero-order chi connectivity index (χ0) is 21.1. The summed E-state index contributed by atoms with van der Waals surface area (Å²) in [6.45, 7) is 3.37. The molecule has 0 aliphatic carbocycles. The molecule has 3 N–H and O–H groups in total. The van der Waals surface area contributed by atoms with Gasteiger partial charge in [0.25, 0.3) is 5.91 Å². The van der Waals surface area contributed by atoms with Crippen molar-refractivity contribution < 1.29 is 9.59 Å². The van der Waals surface area contributed by atoms with Crippen LogP contribution in [0, 0.1) is 6.92 Å². The highest BCUT2D eigenvalue weighted by atomic mass is 35.5. The summed E-state index contributed by atoms with van der Waals surface area (Å²) in [5.74, 6) is -0.0393. The molecule has 2 atom stereocenters. The molecule has 2 amide bonds. The van der Waals surface area contributed by atoms with E-state index in [2.05, 4.69) is 35.2 Å². The molecule has 0 saturated carbocycles. The van der Waals surface area contributed by atoms with Gasteiger partial charge < -0.3 is 10.2 Å². The van der Waals surface area contributed by atoms with E-state index >= 15 is 0 Å². The Balaban J connectivity index is 1.28. The number of piperidine rings is 1. The van der Waals surface area contributed by atoms with Crippen LogP contribution in [0.15, 0.2) is 48.5 Å². The summed E-state index contributed by atoms with van der Waals surface area (Å²) in [6, 6.07) is 15.2. The van der Waals surface area contributed by atoms with E-state index in [0.717, 1.165) is 19.3 Å². The molecule has 2 aliphatic rings. The maximum atomic E-state index is 13.0. The molecule has 2 heterocycles. The van der Waals surface area contributed by atoms with E-state index in [1.807, 2.05) is 17.0 Å². The largest absolute Gasteiger partial charge is 0.349 e. The molecule has 0 spiro atoms. The summed E-state index contributed by atoms with van der Waals surface area (Å²) in [7, 11) is 0. The van der Waals surface area contributed by atoms with Crippen molar-refractivity contribution in [1.82, 2.24) is 21.1 Å². The molecule has 30 heavy (non-hydrogen) atoms. The number of nitrogens with one attached hydrogen (secondary N) is 3. The first-order valence-electron chi connectivity index (χ1n) is 10.4. The number of hydrazine groups is 1. The van der Waals surface area contributed by atoms with E-state index in [-0.39, 0.29) is 29.9 Å². The molecule has 2 aromatic carbocycles. The van der Waals surface area contributed by atoms with Crippen LogP contribution in [0.3, 0.4) is 0 Å². The fraction of sp³-hybridized carbons (Fsp3) is 0.391. The van der Waals surface area contributed by atoms with Gasteiger partial charge in [-0.05, 0) is 49.4 Å². The second-order valence-corrected chi connectivity index (χ2v) is 8.45. The van der Waals surface area contributed by atoms with Gasteiger partial charge >= 0.3 is 0 Å². The molecule has 2 fully saturated rings. The maximum Gasteiger partial charge on any atom is 0.253 e. The van der Waals surface area contributed by atoms with Crippen LogP contribution in [0.25, 0.3) is 0 Å². The molecule has 0 aromatic heterocycles. The smallest absolute Gasteiger partial charge is 0.253 e. The number of hydrogen-bond donors (Lipinski definition) is 3. The summed E-state index contributed by atoms with van der Waals surface area (Å²) in [6.07, 6.45) is 2.21.